The lowest BCUT2D eigenvalue weighted by Gasteiger charge is -2.21. The van der Waals surface area contributed by atoms with Gasteiger partial charge in [0, 0.05) is 25.7 Å². The Morgan fingerprint density at radius 1 is 0.286 bits per heavy atom. The number of aliphatic hydroxyl groups excluding tert-OH is 1. The Hall–Kier alpha value is -3.24. The molecule has 5 unspecified atom stereocenters. The van der Waals surface area contributed by atoms with E-state index < -0.39 is 97.5 Å². The summed E-state index contributed by atoms with van der Waals surface area (Å²) in [5.41, 5.74) is 0. The Morgan fingerprint density at radius 3 is 0.796 bits per heavy atom. The van der Waals surface area contributed by atoms with Crippen molar-refractivity contribution in [3.05, 3.63) is 60.8 Å². The van der Waals surface area contributed by atoms with Gasteiger partial charge in [0.25, 0.3) is 0 Å². The molecular weight excluding hydrogens is 1280 g/mol. The lowest BCUT2D eigenvalue weighted by atomic mass is 10.0. The molecule has 0 aliphatic rings. The molecular formula is C79H144O17P2. The quantitative estimate of drug-likeness (QED) is 0.0169. The number of carbonyl (C=O) groups excluding carboxylic acids is 4. The molecule has 0 saturated carbocycles. The van der Waals surface area contributed by atoms with E-state index in [4.69, 9.17) is 37.0 Å². The summed E-state index contributed by atoms with van der Waals surface area (Å²) >= 11 is 0. The molecule has 0 bridgehead atoms. The number of rotatable bonds is 75. The van der Waals surface area contributed by atoms with Crippen molar-refractivity contribution in [1.29, 1.82) is 0 Å². The molecule has 0 amide bonds. The molecule has 0 saturated heterocycles. The summed E-state index contributed by atoms with van der Waals surface area (Å²) in [7, 11) is -9.94. The maximum atomic E-state index is 13.1. The zero-order chi connectivity index (χ0) is 71.8. The molecule has 0 aromatic carbocycles. The molecule has 5 atom stereocenters. The summed E-state index contributed by atoms with van der Waals surface area (Å²) < 4.78 is 68.5. The summed E-state index contributed by atoms with van der Waals surface area (Å²) in [4.78, 5) is 72.9. The second kappa shape index (κ2) is 72.1. The molecule has 0 aliphatic carbocycles. The monoisotopic (exact) mass is 1430 g/mol. The number of hydrogen-bond acceptors (Lipinski definition) is 15. The van der Waals surface area contributed by atoms with Crippen LogP contribution in [0, 0.1) is 0 Å². The van der Waals surface area contributed by atoms with Crippen LogP contribution in [-0.4, -0.2) is 96.7 Å². The highest BCUT2D eigenvalue weighted by Crippen LogP contribution is 2.45. The smallest absolute Gasteiger partial charge is 0.462 e. The van der Waals surface area contributed by atoms with Crippen LogP contribution in [0.25, 0.3) is 0 Å². The summed E-state index contributed by atoms with van der Waals surface area (Å²) in [6.45, 7) is 4.83. The van der Waals surface area contributed by atoms with Gasteiger partial charge in [-0.3, -0.25) is 37.3 Å². The number of aliphatic hydroxyl groups is 1. The maximum Gasteiger partial charge on any atom is 0.472 e. The van der Waals surface area contributed by atoms with E-state index in [1.807, 2.05) is 0 Å². The molecule has 0 aliphatic heterocycles. The van der Waals surface area contributed by atoms with Gasteiger partial charge in [-0.05, 0) is 116 Å². The molecule has 19 heteroatoms. The molecule has 0 fully saturated rings. The van der Waals surface area contributed by atoms with Crippen LogP contribution in [0.15, 0.2) is 60.8 Å². The number of hydrogen-bond donors (Lipinski definition) is 3. The molecule has 0 aromatic heterocycles. The van der Waals surface area contributed by atoms with Crippen molar-refractivity contribution in [2.24, 2.45) is 0 Å². The van der Waals surface area contributed by atoms with Gasteiger partial charge in [0.15, 0.2) is 12.2 Å². The van der Waals surface area contributed by atoms with E-state index in [1.165, 1.54) is 128 Å². The van der Waals surface area contributed by atoms with Gasteiger partial charge in [0.1, 0.15) is 19.3 Å². The third kappa shape index (κ3) is 71.2. The highest BCUT2D eigenvalue weighted by Gasteiger charge is 2.30. The average molecular weight is 1430 g/mol. The lowest BCUT2D eigenvalue weighted by Crippen LogP contribution is -2.30. The van der Waals surface area contributed by atoms with Crippen molar-refractivity contribution in [1.82, 2.24) is 0 Å². The second-order valence-corrected chi connectivity index (χ2v) is 29.6. The molecule has 572 valence electrons. The minimum atomic E-state index is -4.97. The van der Waals surface area contributed by atoms with Crippen LogP contribution in [0.4, 0.5) is 0 Å². The predicted octanol–water partition coefficient (Wildman–Crippen LogP) is 22.7. The van der Waals surface area contributed by atoms with Gasteiger partial charge in [-0.25, -0.2) is 9.13 Å². The molecule has 0 aromatic rings. The first kappa shape index (κ1) is 94.8. The summed E-state index contributed by atoms with van der Waals surface area (Å²) in [5, 5.41) is 10.6. The minimum Gasteiger partial charge on any atom is -0.462 e. The summed E-state index contributed by atoms with van der Waals surface area (Å²) in [5.74, 6) is -2.18. The second-order valence-electron chi connectivity index (χ2n) is 26.7. The van der Waals surface area contributed by atoms with Gasteiger partial charge < -0.3 is 33.8 Å². The fourth-order valence-corrected chi connectivity index (χ4v) is 12.4. The van der Waals surface area contributed by atoms with Gasteiger partial charge in [-0.2, -0.15) is 0 Å². The fourth-order valence-electron chi connectivity index (χ4n) is 10.9. The van der Waals surface area contributed by atoms with E-state index in [0.29, 0.717) is 25.7 Å². The van der Waals surface area contributed by atoms with E-state index in [-0.39, 0.29) is 25.7 Å². The van der Waals surface area contributed by atoms with E-state index >= 15 is 0 Å². The SMILES string of the molecule is CCCCC/C=C\C/C=C\CCCCCCCC(=O)OCC(COP(=O)(O)OCC(O)COP(=O)(O)OCC(COC(=O)CCCCCCC/C=C\C/C=C\CCCCC)OC(=O)CCCCCCCCCCCCCCCCC)OC(=O)CCCCCCC/C=C\CCCCCC. The molecule has 0 spiro atoms. The number of esters is 4. The molecule has 3 N–H and O–H groups in total. The third-order valence-electron chi connectivity index (χ3n) is 17.0. The number of phosphoric acid groups is 2. The van der Waals surface area contributed by atoms with Crippen molar-refractivity contribution in [3.8, 4) is 0 Å². The molecule has 0 rings (SSSR count). The van der Waals surface area contributed by atoms with E-state index in [1.54, 1.807) is 0 Å². The summed E-state index contributed by atoms with van der Waals surface area (Å²) in [6, 6.07) is 0. The van der Waals surface area contributed by atoms with Gasteiger partial charge >= 0.3 is 39.5 Å². The minimum absolute atomic E-state index is 0.0853. The first-order valence-corrected chi connectivity index (χ1v) is 42.5. The molecule has 0 heterocycles. The number of unbranched alkanes of at least 4 members (excludes halogenated alkanes) is 39. The highest BCUT2D eigenvalue weighted by molar-refractivity contribution is 7.47. The van der Waals surface area contributed by atoms with E-state index in [2.05, 4.69) is 88.5 Å². The largest absolute Gasteiger partial charge is 0.472 e. The standard InChI is InChI=1S/C79H144O17P2/c1-5-9-13-17-21-25-29-33-36-40-43-47-51-55-59-63-76(81)89-69-74(95-78(83)65-61-57-53-49-45-39-32-28-24-20-16-12-8-4)71-93-97(85,86)91-67-73(80)68-92-98(87,88)94-72-75(96-79(84)66-62-58-54-50-46-42-38-35-31-27-23-19-15-11-7-3)70-90-77(82)64-60-56-52-48-44-41-37-34-30-26-22-18-14-10-6-2/h21-22,25-26,28,32-34,36-37,73-75,80H,5-20,23-24,27,29-31,35,38-72H2,1-4H3,(H,85,86)(H,87,88)/b25-21-,26-22-,32-28-,36-33-,37-34-. The third-order valence-corrected chi connectivity index (χ3v) is 18.9. The zero-order valence-electron chi connectivity index (χ0n) is 62.5. The van der Waals surface area contributed by atoms with Gasteiger partial charge in [0.2, 0.25) is 0 Å². The van der Waals surface area contributed by atoms with Crippen LogP contribution >= 0.6 is 15.6 Å². The van der Waals surface area contributed by atoms with Crippen molar-refractivity contribution >= 4 is 39.5 Å². The van der Waals surface area contributed by atoms with Gasteiger partial charge in [0.05, 0.1) is 26.4 Å². The fraction of sp³-hybridized carbons (Fsp3) is 0.823. The van der Waals surface area contributed by atoms with Crippen LogP contribution in [0.5, 0.6) is 0 Å². The van der Waals surface area contributed by atoms with E-state index in [9.17, 15) is 43.2 Å². The maximum absolute atomic E-state index is 13.1. The van der Waals surface area contributed by atoms with Crippen LogP contribution in [-0.2, 0) is 65.4 Å². The van der Waals surface area contributed by atoms with Crippen molar-refractivity contribution in [3.63, 3.8) is 0 Å². The Labute approximate surface area is 597 Å². The predicted molar refractivity (Wildman–Crippen MR) is 400 cm³/mol. The van der Waals surface area contributed by atoms with Crippen LogP contribution < -0.4 is 0 Å². The summed E-state index contributed by atoms with van der Waals surface area (Å²) in [6.07, 6.45) is 70.5. The number of ether oxygens (including phenoxy) is 4. The van der Waals surface area contributed by atoms with Crippen LogP contribution in [0.2, 0.25) is 0 Å². The van der Waals surface area contributed by atoms with Crippen molar-refractivity contribution in [2.45, 2.75) is 380 Å². The van der Waals surface area contributed by atoms with Crippen LogP contribution in [0.3, 0.4) is 0 Å². The Kier molecular flexibility index (Phi) is 69.7. The Balaban J connectivity index is 5.34. The number of carbonyl (C=O) groups is 4. The number of allylic oxidation sites excluding steroid dienone is 10. The van der Waals surface area contributed by atoms with Crippen molar-refractivity contribution < 1.29 is 80.2 Å². The van der Waals surface area contributed by atoms with Gasteiger partial charge in [-0.1, -0.05) is 281 Å². The highest BCUT2D eigenvalue weighted by atomic mass is 31.2. The Morgan fingerprint density at radius 2 is 0.500 bits per heavy atom. The number of phosphoric ester groups is 2. The normalized spacial score (nSPS) is 14.2. The van der Waals surface area contributed by atoms with E-state index in [0.717, 1.165) is 154 Å². The average Bonchev–Trinajstić information content (AvgIpc) is 0.959. The topological polar surface area (TPSA) is 237 Å². The molecule has 0 radical (unpaired) electrons. The Bertz CT molecular complexity index is 2100. The zero-order valence-corrected chi connectivity index (χ0v) is 64.3. The van der Waals surface area contributed by atoms with Gasteiger partial charge in [-0.15, -0.1) is 0 Å². The molecule has 98 heavy (non-hydrogen) atoms. The van der Waals surface area contributed by atoms with Crippen molar-refractivity contribution in [2.75, 3.05) is 39.6 Å². The lowest BCUT2D eigenvalue weighted by molar-refractivity contribution is -0.161. The molecule has 17 nitrogen and oxygen atoms in total. The first-order valence-electron chi connectivity index (χ1n) is 39.5. The first-order chi connectivity index (χ1) is 47.7. The van der Waals surface area contributed by atoms with Crippen LogP contribution in [0.1, 0.15) is 362 Å².